The van der Waals surface area contributed by atoms with Crippen LogP contribution in [0.1, 0.15) is 33.1 Å². The SMILES string of the molecule is Cc1cc(C)n2c(C(=O)N(C)C3Cc4ccccc4C3)nnc2n1. The number of aryl methyl sites for hydroxylation is 2. The molecule has 0 aliphatic heterocycles. The van der Waals surface area contributed by atoms with E-state index in [1.165, 1.54) is 11.1 Å². The largest absolute Gasteiger partial charge is 0.335 e. The molecule has 0 saturated heterocycles. The first-order valence-corrected chi connectivity index (χ1v) is 8.08. The zero-order chi connectivity index (χ0) is 16.8. The minimum atomic E-state index is -0.117. The highest BCUT2D eigenvalue weighted by Gasteiger charge is 2.30. The van der Waals surface area contributed by atoms with Crippen LogP contribution in [0.25, 0.3) is 5.78 Å². The van der Waals surface area contributed by atoms with Crippen molar-refractivity contribution in [2.45, 2.75) is 32.7 Å². The molecule has 3 aromatic rings. The zero-order valence-electron chi connectivity index (χ0n) is 14.0. The third-order valence-electron chi connectivity index (χ3n) is 4.78. The highest BCUT2D eigenvalue weighted by molar-refractivity contribution is 5.91. The quantitative estimate of drug-likeness (QED) is 0.724. The summed E-state index contributed by atoms with van der Waals surface area (Å²) in [6, 6.07) is 10.5. The molecule has 122 valence electrons. The first-order chi connectivity index (χ1) is 11.5. The normalized spacial score (nSPS) is 14.1. The van der Waals surface area contributed by atoms with Crippen LogP contribution in [0.15, 0.2) is 30.3 Å². The van der Waals surface area contributed by atoms with E-state index in [1.54, 1.807) is 9.30 Å². The van der Waals surface area contributed by atoms with E-state index in [4.69, 9.17) is 0 Å². The average molecular weight is 321 g/mol. The summed E-state index contributed by atoms with van der Waals surface area (Å²) in [6.07, 6.45) is 1.76. The predicted molar refractivity (Wildman–Crippen MR) is 90.0 cm³/mol. The van der Waals surface area contributed by atoms with E-state index in [2.05, 4.69) is 27.3 Å². The van der Waals surface area contributed by atoms with Gasteiger partial charge in [0.25, 0.3) is 11.7 Å². The number of rotatable bonds is 2. The Morgan fingerprint density at radius 3 is 2.50 bits per heavy atom. The maximum absolute atomic E-state index is 13.0. The first kappa shape index (κ1) is 14.8. The summed E-state index contributed by atoms with van der Waals surface area (Å²) in [6.45, 7) is 3.85. The van der Waals surface area contributed by atoms with Gasteiger partial charge in [-0.1, -0.05) is 24.3 Å². The molecule has 1 aliphatic carbocycles. The van der Waals surface area contributed by atoms with Gasteiger partial charge in [0.1, 0.15) is 0 Å². The van der Waals surface area contributed by atoms with E-state index in [0.717, 1.165) is 24.2 Å². The Morgan fingerprint density at radius 1 is 1.17 bits per heavy atom. The molecule has 0 unspecified atom stereocenters. The number of aromatic nitrogens is 4. The number of hydrogen-bond donors (Lipinski definition) is 0. The highest BCUT2D eigenvalue weighted by atomic mass is 16.2. The fourth-order valence-corrected chi connectivity index (χ4v) is 3.50. The molecule has 0 saturated carbocycles. The number of carbonyl (C=O) groups is 1. The average Bonchev–Trinajstić information content (AvgIpc) is 3.17. The van der Waals surface area contributed by atoms with Crippen LogP contribution in [0.3, 0.4) is 0 Å². The molecule has 1 aromatic carbocycles. The molecule has 0 bridgehead atoms. The van der Waals surface area contributed by atoms with Crippen LogP contribution in [-0.4, -0.2) is 43.5 Å². The smallest absolute Gasteiger partial charge is 0.292 e. The lowest BCUT2D eigenvalue weighted by Gasteiger charge is -2.23. The summed E-state index contributed by atoms with van der Waals surface area (Å²) < 4.78 is 1.73. The van der Waals surface area contributed by atoms with E-state index < -0.39 is 0 Å². The van der Waals surface area contributed by atoms with Crippen molar-refractivity contribution in [3.8, 4) is 0 Å². The first-order valence-electron chi connectivity index (χ1n) is 8.08. The van der Waals surface area contributed by atoms with Crippen molar-refractivity contribution < 1.29 is 4.79 Å². The Labute approximate surface area is 140 Å². The Bertz CT molecular complexity index is 921. The fourth-order valence-electron chi connectivity index (χ4n) is 3.50. The third kappa shape index (κ3) is 2.26. The summed E-state index contributed by atoms with van der Waals surface area (Å²) in [4.78, 5) is 19.1. The molecule has 0 N–H and O–H groups in total. The molecule has 2 aromatic heterocycles. The van der Waals surface area contributed by atoms with Gasteiger partial charge < -0.3 is 4.90 Å². The van der Waals surface area contributed by atoms with E-state index in [1.807, 2.05) is 39.1 Å². The van der Waals surface area contributed by atoms with Crippen LogP contribution in [-0.2, 0) is 12.8 Å². The summed E-state index contributed by atoms with van der Waals surface area (Å²) in [7, 11) is 1.84. The predicted octanol–water partition coefficient (Wildman–Crippen LogP) is 1.98. The molecule has 0 spiro atoms. The van der Waals surface area contributed by atoms with Gasteiger partial charge in [0.2, 0.25) is 5.82 Å². The number of likely N-dealkylation sites (N-methyl/N-ethyl adjacent to an activating group) is 1. The van der Waals surface area contributed by atoms with Crippen LogP contribution in [0, 0.1) is 13.8 Å². The van der Waals surface area contributed by atoms with Gasteiger partial charge in [-0.05, 0) is 43.9 Å². The van der Waals surface area contributed by atoms with E-state index in [-0.39, 0.29) is 11.9 Å². The van der Waals surface area contributed by atoms with Gasteiger partial charge in [0.15, 0.2) is 0 Å². The second-order valence-electron chi connectivity index (χ2n) is 6.44. The van der Waals surface area contributed by atoms with Gasteiger partial charge in [0.05, 0.1) is 0 Å². The number of carbonyl (C=O) groups excluding carboxylic acids is 1. The van der Waals surface area contributed by atoms with Gasteiger partial charge in [0, 0.05) is 24.5 Å². The minimum Gasteiger partial charge on any atom is -0.335 e. The Kier molecular flexibility index (Phi) is 3.33. The lowest BCUT2D eigenvalue weighted by atomic mass is 10.1. The Morgan fingerprint density at radius 2 is 1.83 bits per heavy atom. The van der Waals surface area contributed by atoms with Crippen molar-refractivity contribution in [2.24, 2.45) is 0 Å². The molecule has 0 radical (unpaired) electrons. The summed E-state index contributed by atoms with van der Waals surface area (Å²) >= 11 is 0. The van der Waals surface area contributed by atoms with Gasteiger partial charge in [-0.2, -0.15) is 0 Å². The molecule has 1 aliphatic rings. The van der Waals surface area contributed by atoms with Crippen molar-refractivity contribution in [1.82, 2.24) is 24.5 Å². The number of benzene rings is 1. The third-order valence-corrected chi connectivity index (χ3v) is 4.78. The highest BCUT2D eigenvalue weighted by Crippen LogP contribution is 2.25. The van der Waals surface area contributed by atoms with Gasteiger partial charge in [-0.3, -0.25) is 9.20 Å². The second-order valence-corrected chi connectivity index (χ2v) is 6.44. The van der Waals surface area contributed by atoms with Crippen molar-refractivity contribution in [1.29, 1.82) is 0 Å². The van der Waals surface area contributed by atoms with E-state index in [9.17, 15) is 4.79 Å². The molecule has 24 heavy (non-hydrogen) atoms. The van der Waals surface area contributed by atoms with Crippen LogP contribution in [0.5, 0.6) is 0 Å². The molecule has 2 heterocycles. The summed E-state index contributed by atoms with van der Waals surface area (Å²) in [5, 5.41) is 8.16. The maximum atomic E-state index is 13.0. The fraction of sp³-hybridized carbons (Fsp3) is 0.333. The van der Waals surface area contributed by atoms with Gasteiger partial charge in [-0.15, -0.1) is 10.2 Å². The molecular formula is C18H19N5O. The van der Waals surface area contributed by atoms with Crippen LogP contribution < -0.4 is 0 Å². The Hall–Kier alpha value is -2.76. The lowest BCUT2D eigenvalue weighted by Crippen LogP contribution is -2.38. The molecule has 0 atom stereocenters. The molecular weight excluding hydrogens is 302 g/mol. The van der Waals surface area contributed by atoms with E-state index in [0.29, 0.717) is 11.6 Å². The molecule has 1 amide bonds. The monoisotopic (exact) mass is 321 g/mol. The van der Waals surface area contributed by atoms with Gasteiger partial charge in [-0.25, -0.2) is 4.98 Å². The zero-order valence-corrected chi connectivity index (χ0v) is 14.0. The van der Waals surface area contributed by atoms with Crippen molar-refractivity contribution in [3.05, 3.63) is 58.7 Å². The lowest BCUT2D eigenvalue weighted by molar-refractivity contribution is 0.0723. The van der Waals surface area contributed by atoms with E-state index >= 15 is 0 Å². The van der Waals surface area contributed by atoms with Crippen LogP contribution in [0.4, 0.5) is 0 Å². The minimum absolute atomic E-state index is 0.117. The molecule has 6 heteroatoms. The second kappa shape index (κ2) is 5.40. The molecule has 6 nitrogen and oxygen atoms in total. The number of amides is 1. The summed E-state index contributed by atoms with van der Waals surface area (Å²) in [5.74, 6) is 0.682. The van der Waals surface area contributed by atoms with Crippen molar-refractivity contribution in [2.75, 3.05) is 7.05 Å². The molecule has 0 fully saturated rings. The Balaban J connectivity index is 1.65. The van der Waals surface area contributed by atoms with Crippen LogP contribution >= 0.6 is 0 Å². The molecule has 4 rings (SSSR count). The van der Waals surface area contributed by atoms with Gasteiger partial charge >= 0.3 is 0 Å². The van der Waals surface area contributed by atoms with Crippen LogP contribution in [0.2, 0.25) is 0 Å². The maximum Gasteiger partial charge on any atom is 0.292 e. The number of fused-ring (bicyclic) bond motifs is 2. The standard InChI is InChI=1S/C18H19N5O/c1-11-8-12(2)23-16(20-21-18(23)19-11)17(24)22(3)15-9-13-6-4-5-7-14(13)10-15/h4-8,15H,9-10H2,1-3H3. The topological polar surface area (TPSA) is 63.4 Å². The summed E-state index contributed by atoms with van der Waals surface area (Å²) in [5.41, 5.74) is 4.42. The van der Waals surface area contributed by atoms with Crippen molar-refractivity contribution in [3.63, 3.8) is 0 Å². The number of hydrogen-bond acceptors (Lipinski definition) is 4. The van der Waals surface area contributed by atoms with Crippen molar-refractivity contribution >= 4 is 11.7 Å². The number of nitrogens with zero attached hydrogens (tertiary/aromatic N) is 5.